The average Bonchev–Trinajstić information content (AvgIpc) is 3.68. The number of aromatic amines is 1. The standard InChI is InChI=1S/C36H46N8O4/c1-22(2)44-35(48)39-34(40-44)36(19-23(3)38-21-31(45)43-16-8-9-28(43)20-37)29-14-12-26(32(46)41(4)5)17-24(29)10-11-25-18-27(13-15-30(25)36)33(47)42(6)7/h12-15,17-18,22-23,28,38H,8-11,16,19,21H2,1-7H3,(H,39,40,48)/t23-,28?/m1/s1. The number of benzene rings is 2. The molecule has 1 fully saturated rings. The van der Waals surface area contributed by atoms with Crippen molar-refractivity contribution in [2.24, 2.45) is 0 Å². The number of nitrogens with zero attached hydrogens (tertiary/aromatic N) is 6. The number of nitriles is 1. The van der Waals surface area contributed by atoms with Gasteiger partial charge >= 0.3 is 5.69 Å². The maximum Gasteiger partial charge on any atom is 0.343 e. The molecule has 2 N–H and O–H groups in total. The van der Waals surface area contributed by atoms with Gasteiger partial charge in [0.25, 0.3) is 11.8 Å². The van der Waals surface area contributed by atoms with Crippen molar-refractivity contribution in [2.45, 2.75) is 76.4 Å². The summed E-state index contributed by atoms with van der Waals surface area (Å²) < 4.78 is 1.44. The fraction of sp³-hybridized carbons (Fsp3) is 0.500. The van der Waals surface area contributed by atoms with E-state index in [1.165, 1.54) is 4.68 Å². The summed E-state index contributed by atoms with van der Waals surface area (Å²) in [6.45, 7) is 6.41. The molecule has 1 saturated heterocycles. The first-order chi connectivity index (χ1) is 22.8. The SMILES string of the molecule is CC(C)n1nc(C2(C[C@@H](C)NCC(=O)N3CCCC3C#N)c3ccc(C(=O)N(C)C)cc3CCc3cc(C(=O)N(C)C)ccc32)[nH]c1=O. The molecule has 1 unspecified atom stereocenters. The van der Waals surface area contributed by atoms with E-state index < -0.39 is 11.5 Å². The lowest BCUT2D eigenvalue weighted by atomic mass is 9.67. The van der Waals surface area contributed by atoms with E-state index in [1.54, 1.807) is 42.9 Å². The molecule has 0 bridgehead atoms. The summed E-state index contributed by atoms with van der Waals surface area (Å²) in [5, 5.41) is 17.9. The number of likely N-dealkylation sites (tertiary alicyclic amines) is 1. The highest BCUT2D eigenvalue weighted by Crippen LogP contribution is 2.47. The molecule has 3 aromatic rings. The monoisotopic (exact) mass is 654 g/mol. The number of carbonyl (C=O) groups is 3. The molecule has 48 heavy (non-hydrogen) atoms. The van der Waals surface area contributed by atoms with Crippen molar-refractivity contribution in [2.75, 3.05) is 41.3 Å². The lowest BCUT2D eigenvalue weighted by Gasteiger charge is -2.37. The summed E-state index contributed by atoms with van der Waals surface area (Å²) >= 11 is 0. The highest BCUT2D eigenvalue weighted by atomic mass is 16.2. The van der Waals surface area contributed by atoms with Crippen LogP contribution in [0.1, 0.15) is 94.9 Å². The number of amides is 3. The van der Waals surface area contributed by atoms with Gasteiger partial charge < -0.3 is 20.0 Å². The first-order valence-corrected chi connectivity index (χ1v) is 16.6. The van der Waals surface area contributed by atoms with E-state index in [2.05, 4.69) is 16.4 Å². The van der Waals surface area contributed by atoms with Gasteiger partial charge in [-0.15, -0.1) is 0 Å². The second kappa shape index (κ2) is 13.8. The van der Waals surface area contributed by atoms with E-state index in [0.717, 1.165) is 28.7 Å². The van der Waals surface area contributed by atoms with Crippen molar-refractivity contribution in [1.29, 1.82) is 5.26 Å². The second-order valence-electron chi connectivity index (χ2n) is 13.7. The molecule has 1 aromatic heterocycles. The van der Waals surface area contributed by atoms with Gasteiger partial charge in [-0.1, -0.05) is 12.1 Å². The van der Waals surface area contributed by atoms with E-state index in [4.69, 9.17) is 5.10 Å². The van der Waals surface area contributed by atoms with Crippen LogP contribution in [-0.2, 0) is 23.1 Å². The smallest absolute Gasteiger partial charge is 0.343 e. The Hall–Kier alpha value is -4.76. The first-order valence-electron chi connectivity index (χ1n) is 16.6. The Morgan fingerprint density at radius 1 is 1.00 bits per heavy atom. The Labute approximate surface area is 281 Å². The van der Waals surface area contributed by atoms with Gasteiger partial charge in [0.05, 0.1) is 24.1 Å². The number of aryl methyl sites for hydroxylation is 2. The van der Waals surface area contributed by atoms with E-state index >= 15 is 0 Å². The number of hydrogen-bond donors (Lipinski definition) is 2. The minimum absolute atomic E-state index is 0.0542. The number of rotatable bonds is 9. The zero-order chi connectivity index (χ0) is 34.9. The van der Waals surface area contributed by atoms with Gasteiger partial charge in [-0.05, 0) is 99.4 Å². The van der Waals surface area contributed by atoms with Gasteiger partial charge in [0.15, 0.2) is 0 Å². The lowest BCUT2D eigenvalue weighted by molar-refractivity contribution is -0.130. The van der Waals surface area contributed by atoms with Gasteiger partial charge in [-0.3, -0.25) is 19.4 Å². The number of H-pyrrole nitrogens is 1. The van der Waals surface area contributed by atoms with Crippen LogP contribution >= 0.6 is 0 Å². The molecule has 0 spiro atoms. The zero-order valence-corrected chi connectivity index (χ0v) is 29.0. The number of carbonyl (C=O) groups excluding carboxylic acids is 3. The number of aromatic nitrogens is 3. The minimum atomic E-state index is -1.02. The third-order valence-electron chi connectivity index (χ3n) is 9.57. The maximum atomic E-state index is 13.4. The van der Waals surface area contributed by atoms with Crippen molar-refractivity contribution in [1.82, 2.24) is 34.8 Å². The molecule has 12 nitrogen and oxygen atoms in total. The zero-order valence-electron chi connectivity index (χ0n) is 29.0. The molecule has 2 atom stereocenters. The Kier molecular flexibility index (Phi) is 9.91. The molecular weight excluding hydrogens is 608 g/mol. The molecule has 0 radical (unpaired) electrons. The predicted octanol–water partition coefficient (Wildman–Crippen LogP) is 2.87. The van der Waals surface area contributed by atoms with E-state index in [9.17, 15) is 24.4 Å². The fourth-order valence-corrected chi connectivity index (χ4v) is 7.18. The summed E-state index contributed by atoms with van der Waals surface area (Å²) in [5.41, 5.74) is 3.44. The maximum absolute atomic E-state index is 13.4. The Bertz CT molecular complexity index is 1740. The van der Waals surface area contributed by atoms with Crippen molar-refractivity contribution in [3.63, 3.8) is 0 Å². The van der Waals surface area contributed by atoms with Crippen LogP contribution in [0.25, 0.3) is 0 Å². The fourth-order valence-electron chi connectivity index (χ4n) is 7.18. The van der Waals surface area contributed by atoms with E-state index in [-0.39, 0.29) is 42.0 Å². The van der Waals surface area contributed by atoms with Crippen molar-refractivity contribution in [3.05, 3.63) is 86.1 Å². The third-order valence-corrected chi connectivity index (χ3v) is 9.57. The van der Waals surface area contributed by atoms with Gasteiger partial charge in [0.1, 0.15) is 11.9 Å². The molecule has 1 aliphatic heterocycles. The molecule has 2 aromatic carbocycles. The van der Waals surface area contributed by atoms with E-state index in [0.29, 0.717) is 49.2 Å². The van der Waals surface area contributed by atoms with Crippen LogP contribution in [0.15, 0.2) is 41.2 Å². The minimum Gasteiger partial charge on any atom is -0.345 e. The first kappa shape index (κ1) is 34.6. The highest BCUT2D eigenvalue weighted by Gasteiger charge is 2.46. The molecular formula is C36H46N8O4. The summed E-state index contributed by atoms with van der Waals surface area (Å²) in [7, 11) is 6.87. The van der Waals surface area contributed by atoms with Crippen molar-refractivity contribution >= 4 is 17.7 Å². The molecule has 1 aliphatic carbocycles. The summed E-state index contributed by atoms with van der Waals surface area (Å²) in [6, 6.07) is 12.8. The quantitative estimate of drug-likeness (QED) is 0.361. The average molecular weight is 655 g/mol. The summed E-state index contributed by atoms with van der Waals surface area (Å²) in [6.07, 6.45) is 3.07. The molecule has 2 heterocycles. The van der Waals surface area contributed by atoms with Crippen LogP contribution < -0.4 is 11.0 Å². The Balaban J connectivity index is 1.69. The largest absolute Gasteiger partial charge is 0.345 e. The normalized spacial score (nSPS) is 17.2. The predicted molar refractivity (Wildman–Crippen MR) is 182 cm³/mol. The summed E-state index contributed by atoms with van der Waals surface area (Å²) in [5.74, 6) is 0.0890. The molecule has 3 amide bonds. The molecule has 5 rings (SSSR count). The lowest BCUT2D eigenvalue weighted by Crippen LogP contribution is -2.45. The van der Waals surface area contributed by atoms with Crippen molar-refractivity contribution in [3.8, 4) is 6.07 Å². The van der Waals surface area contributed by atoms with Crippen LogP contribution in [0.3, 0.4) is 0 Å². The number of fused-ring (bicyclic) bond motifs is 2. The van der Waals surface area contributed by atoms with Crippen LogP contribution in [-0.4, -0.2) is 101 Å². The van der Waals surface area contributed by atoms with Crippen molar-refractivity contribution < 1.29 is 14.4 Å². The van der Waals surface area contributed by atoms with E-state index in [1.807, 2.05) is 57.2 Å². The van der Waals surface area contributed by atoms with Gasteiger partial charge in [-0.25, -0.2) is 9.48 Å². The van der Waals surface area contributed by atoms with Gasteiger partial charge in [-0.2, -0.15) is 10.4 Å². The number of nitrogens with one attached hydrogen (secondary N) is 2. The van der Waals surface area contributed by atoms with Crippen LogP contribution in [0.5, 0.6) is 0 Å². The molecule has 2 aliphatic rings. The Morgan fingerprint density at radius 2 is 1.56 bits per heavy atom. The van der Waals surface area contributed by atoms with Gasteiger partial charge in [0, 0.05) is 51.9 Å². The molecule has 254 valence electrons. The Morgan fingerprint density at radius 3 is 2.04 bits per heavy atom. The number of hydrogen-bond acceptors (Lipinski definition) is 7. The van der Waals surface area contributed by atoms with Crippen LogP contribution in [0.2, 0.25) is 0 Å². The van der Waals surface area contributed by atoms with Crippen LogP contribution in [0.4, 0.5) is 0 Å². The highest BCUT2D eigenvalue weighted by molar-refractivity contribution is 5.95. The molecule has 12 heteroatoms. The second-order valence-corrected chi connectivity index (χ2v) is 13.7. The third kappa shape index (κ3) is 6.39. The molecule has 0 saturated carbocycles. The summed E-state index contributed by atoms with van der Waals surface area (Å²) in [4.78, 5) is 60.6. The van der Waals surface area contributed by atoms with Crippen LogP contribution in [0, 0.1) is 11.3 Å². The van der Waals surface area contributed by atoms with Gasteiger partial charge in [0.2, 0.25) is 5.91 Å². The topological polar surface area (TPSA) is 147 Å².